The van der Waals surface area contributed by atoms with Crippen molar-refractivity contribution in [3.63, 3.8) is 0 Å². The topological polar surface area (TPSA) is 25.2 Å². The molecule has 1 saturated heterocycles. The lowest BCUT2D eigenvalue weighted by molar-refractivity contribution is 0.460. The molecule has 1 fully saturated rings. The van der Waals surface area contributed by atoms with Crippen molar-refractivity contribution in [2.24, 2.45) is 0 Å². The van der Waals surface area contributed by atoms with Crippen LogP contribution >= 0.6 is 12.4 Å². The Morgan fingerprint density at radius 2 is 1.89 bits per heavy atom. The van der Waals surface area contributed by atoms with E-state index in [0.717, 1.165) is 24.4 Å². The van der Waals surface area contributed by atoms with Gasteiger partial charge in [0.15, 0.2) is 0 Å². The van der Waals surface area contributed by atoms with Crippen molar-refractivity contribution in [1.29, 1.82) is 0 Å². The highest BCUT2D eigenvalue weighted by Gasteiger charge is 2.16. The largest absolute Gasteiger partial charge is 0.461 e. The number of benzene rings is 1. The summed E-state index contributed by atoms with van der Waals surface area (Å²) >= 11 is 0. The van der Waals surface area contributed by atoms with Crippen molar-refractivity contribution in [3.05, 3.63) is 35.1 Å². The summed E-state index contributed by atoms with van der Waals surface area (Å²) in [4.78, 5) is 0. The van der Waals surface area contributed by atoms with E-state index in [0.29, 0.717) is 5.92 Å². The van der Waals surface area contributed by atoms with Crippen LogP contribution in [0.3, 0.4) is 0 Å². The van der Waals surface area contributed by atoms with E-state index in [1.165, 1.54) is 29.4 Å². The Labute approximate surface area is 114 Å². The molecule has 0 bridgehead atoms. The minimum atomic E-state index is 0. The minimum Gasteiger partial charge on any atom is -0.461 e. The number of rotatable bonds is 1. The van der Waals surface area contributed by atoms with Gasteiger partial charge in [-0.05, 0) is 62.9 Å². The molecule has 0 spiro atoms. The first-order valence-corrected chi connectivity index (χ1v) is 6.46. The highest BCUT2D eigenvalue weighted by Crippen LogP contribution is 2.31. The Morgan fingerprint density at radius 3 is 2.61 bits per heavy atom. The maximum Gasteiger partial charge on any atom is 0.134 e. The SMILES string of the molecule is Cc1oc2cc(C3CCNCC3)ccc2c1C.Cl. The average Bonchev–Trinajstić information content (AvgIpc) is 2.66. The number of furan rings is 1. The summed E-state index contributed by atoms with van der Waals surface area (Å²) < 4.78 is 5.81. The number of aryl methyl sites for hydroxylation is 2. The Hall–Kier alpha value is -0.990. The molecule has 3 heteroatoms. The standard InChI is InChI=1S/C15H19NO.ClH/c1-10-11(2)17-15-9-13(3-4-14(10)15)12-5-7-16-8-6-12;/h3-4,9,12,16H,5-8H2,1-2H3;1H. The summed E-state index contributed by atoms with van der Waals surface area (Å²) in [6, 6.07) is 6.74. The third-order valence-electron chi connectivity index (χ3n) is 4.01. The Morgan fingerprint density at radius 1 is 1.17 bits per heavy atom. The van der Waals surface area contributed by atoms with Crippen molar-refractivity contribution >= 4 is 23.4 Å². The fraction of sp³-hybridized carbons (Fsp3) is 0.467. The lowest BCUT2D eigenvalue weighted by Gasteiger charge is -2.22. The van der Waals surface area contributed by atoms with Gasteiger partial charge in [0.1, 0.15) is 11.3 Å². The van der Waals surface area contributed by atoms with E-state index in [1.807, 2.05) is 6.92 Å². The van der Waals surface area contributed by atoms with Crippen molar-refractivity contribution in [2.75, 3.05) is 13.1 Å². The van der Waals surface area contributed by atoms with Crippen LogP contribution in [0.2, 0.25) is 0 Å². The van der Waals surface area contributed by atoms with Gasteiger partial charge in [0.2, 0.25) is 0 Å². The molecular formula is C15H20ClNO. The van der Waals surface area contributed by atoms with Crippen LogP contribution in [-0.2, 0) is 0 Å². The molecular weight excluding hydrogens is 246 g/mol. The molecule has 0 atom stereocenters. The molecule has 98 valence electrons. The molecule has 1 aliphatic rings. The molecule has 1 aromatic heterocycles. The second-order valence-corrected chi connectivity index (χ2v) is 5.06. The normalized spacial score (nSPS) is 16.8. The molecule has 0 saturated carbocycles. The summed E-state index contributed by atoms with van der Waals surface area (Å²) in [6.07, 6.45) is 2.48. The van der Waals surface area contributed by atoms with Crippen LogP contribution in [0.4, 0.5) is 0 Å². The summed E-state index contributed by atoms with van der Waals surface area (Å²) in [5.41, 5.74) is 3.76. The Bertz CT molecular complexity index is 541. The van der Waals surface area contributed by atoms with Gasteiger partial charge in [0, 0.05) is 5.39 Å². The van der Waals surface area contributed by atoms with E-state index in [1.54, 1.807) is 0 Å². The predicted molar refractivity (Wildman–Crippen MR) is 77.8 cm³/mol. The van der Waals surface area contributed by atoms with Gasteiger partial charge in [-0.2, -0.15) is 0 Å². The molecule has 0 radical (unpaired) electrons. The second-order valence-electron chi connectivity index (χ2n) is 5.06. The lowest BCUT2D eigenvalue weighted by atomic mass is 9.90. The average molecular weight is 266 g/mol. The van der Waals surface area contributed by atoms with Crippen molar-refractivity contribution < 1.29 is 4.42 Å². The van der Waals surface area contributed by atoms with E-state index in [9.17, 15) is 0 Å². The monoisotopic (exact) mass is 265 g/mol. The smallest absolute Gasteiger partial charge is 0.134 e. The maximum atomic E-state index is 5.81. The highest BCUT2D eigenvalue weighted by atomic mass is 35.5. The van der Waals surface area contributed by atoms with Crippen LogP contribution in [0.15, 0.2) is 22.6 Å². The number of piperidine rings is 1. The van der Waals surface area contributed by atoms with Gasteiger partial charge in [-0.3, -0.25) is 0 Å². The van der Waals surface area contributed by atoms with Gasteiger partial charge < -0.3 is 9.73 Å². The van der Waals surface area contributed by atoms with Crippen LogP contribution in [0.1, 0.15) is 35.6 Å². The van der Waals surface area contributed by atoms with Gasteiger partial charge in [0.05, 0.1) is 0 Å². The van der Waals surface area contributed by atoms with Gasteiger partial charge >= 0.3 is 0 Å². The molecule has 1 N–H and O–H groups in total. The number of hydrogen-bond acceptors (Lipinski definition) is 2. The fourth-order valence-electron chi connectivity index (χ4n) is 2.77. The van der Waals surface area contributed by atoms with Crippen LogP contribution in [0.25, 0.3) is 11.0 Å². The molecule has 2 heterocycles. The summed E-state index contributed by atoms with van der Waals surface area (Å²) in [5, 5.41) is 4.68. The number of fused-ring (bicyclic) bond motifs is 1. The van der Waals surface area contributed by atoms with E-state index >= 15 is 0 Å². The van der Waals surface area contributed by atoms with Crippen LogP contribution < -0.4 is 5.32 Å². The Balaban J connectivity index is 0.00000120. The van der Waals surface area contributed by atoms with Crippen molar-refractivity contribution in [2.45, 2.75) is 32.6 Å². The number of nitrogens with one attached hydrogen (secondary N) is 1. The first-order chi connectivity index (χ1) is 8.25. The predicted octanol–water partition coefficient (Wildman–Crippen LogP) is 3.94. The van der Waals surface area contributed by atoms with Gasteiger partial charge in [-0.15, -0.1) is 12.4 Å². The van der Waals surface area contributed by atoms with Crippen molar-refractivity contribution in [1.82, 2.24) is 5.32 Å². The first-order valence-electron chi connectivity index (χ1n) is 6.46. The molecule has 1 aromatic carbocycles. The van der Waals surface area contributed by atoms with Crippen molar-refractivity contribution in [3.8, 4) is 0 Å². The van der Waals surface area contributed by atoms with E-state index < -0.39 is 0 Å². The third kappa shape index (κ3) is 2.27. The van der Waals surface area contributed by atoms with Gasteiger partial charge in [-0.25, -0.2) is 0 Å². The zero-order valence-corrected chi connectivity index (χ0v) is 11.8. The molecule has 18 heavy (non-hydrogen) atoms. The van der Waals surface area contributed by atoms with E-state index in [2.05, 4.69) is 30.4 Å². The molecule has 0 amide bonds. The zero-order chi connectivity index (χ0) is 11.8. The lowest BCUT2D eigenvalue weighted by Crippen LogP contribution is -2.26. The van der Waals surface area contributed by atoms with Crippen LogP contribution in [0.5, 0.6) is 0 Å². The first kappa shape index (κ1) is 13.4. The molecule has 2 aromatic rings. The van der Waals surface area contributed by atoms with Gasteiger partial charge in [-0.1, -0.05) is 12.1 Å². The molecule has 3 rings (SSSR count). The maximum absolute atomic E-state index is 5.81. The van der Waals surface area contributed by atoms with Crippen LogP contribution in [0, 0.1) is 13.8 Å². The third-order valence-corrected chi connectivity index (χ3v) is 4.01. The molecule has 0 aliphatic carbocycles. The highest BCUT2D eigenvalue weighted by molar-refractivity contribution is 5.85. The quantitative estimate of drug-likeness (QED) is 0.845. The second kappa shape index (κ2) is 5.33. The zero-order valence-electron chi connectivity index (χ0n) is 11.0. The molecule has 1 aliphatic heterocycles. The molecule has 2 nitrogen and oxygen atoms in total. The Kier molecular flexibility index (Phi) is 3.98. The summed E-state index contributed by atoms with van der Waals surface area (Å²) in [6.45, 7) is 6.45. The summed E-state index contributed by atoms with van der Waals surface area (Å²) in [7, 11) is 0. The van der Waals surface area contributed by atoms with E-state index in [-0.39, 0.29) is 12.4 Å². The van der Waals surface area contributed by atoms with E-state index in [4.69, 9.17) is 4.42 Å². The van der Waals surface area contributed by atoms with Gasteiger partial charge in [0.25, 0.3) is 0 Å². The minimum absolute atomic E-state index is 0. The number of halogens is 1. The number of hydrogen-bond donors (Lipinski definition) is 1. The summed E-state index contributed by atoms with van der Waals surface area (Å²) in [5.74, 6) is 1.74. The fourth-order valence-corrected chi connectivity index (χ4v) is 2.77. The molecule has 0 unspecified atom stereocenters. The van der Waals surface area contributed by atoms with Crippen LogP contribution in [-0.4, -0.2) is 13.1 Å².